The van der Waals surface area contributed by atoms with Crippen LogP contribution in [0.2, 0.25) is 0 Å². The Morgan fingerprint density at radius 3 is 1.25 bits per heavy atom. The Labute approximate surface area is 150 Å². The molecule has 0 radical (unpaired) electrons. The molecular formula is C18H28N3P3. The Morgan fingerprint density at radius 2 is 0.958 bits per heavy atom. The van der Waals surface area contributed by atoms with Crippen molar-refractivity contribution in [2.75, 3.05) is 42.3 Å². The lowest BCUT2D eigenvalue weighted by Crippen LogP contribution is -2.29. The molecule has 0 aliphatic heterocycles. The third-order valence-corrected chi connectivity index (χ3v) is 18.7. The molecule has 0 saturated carbocycles. The van der Waals surface area contributed by atoms with Gasteiger partial charge in [0.1, 0.15) is 7.00 Å². The maximum absolute atomic E-state index is 2.43. The molecule has 0 bridgehead atoms. The van der Waals surface area contributed by atoms with Crippen LogP contribution >= 0.6 is 22.2 Å². The molecule has 2 rings (SSSR count). The lowest BCUT2D eigenvalue weighted by molar-refractivity contribution is 0.486. The number of hydrogen-bond acceptors (Lipinski definition) is 0. The van der Waals surface area contributed by atoms with Crippen molar-refractivity contribution in [2.24, 2.45) is 0 Å². The molecule has 0 saturated heterocycles. The summed E-state index contributed by atoms with van der Waals surface area (Å²) < 4.78 is 7.28. The van der Waals surface area contributed by atoms with E-state index in [0.29, 0.717) is 0 Å². The minimum Gasteiger partial charge on any atom is -0.263 e. The fraction of sp³-hybridized carbons (Fsp3) is 0.333. The van der Waals surface area contributed by atoms with Gasteiger partial charge in [-0.1, -0.05) is 60.7 Å². The van der Waals surface area contributed by atoms with Crippen LogP contribution < -0.4 is 10.6 Å². The van der Waals surface area contributed by atoms with Gasteiger partial charge in [0.05, 0.1) is 0 Å². The van der Waals surface area contributed by atoms with Crippen molar-refractivity contribution in [3.8, 4) is 0 Å². The second-order valence-electron chi connectivity index (χ2n) is 6.15. The monoisotopic (exact) mass is 379 g/mol. The highest BCUT2D eigenvalue weighted by Crippen LogP contribution is 2.71. The molecule has 2 aromatic carbocycles. The van der Waals surface area contributed by atoms with Crippen LogP contribution in [0.1, 0.15) is 0 Å². The predicted octanol–water partition coefficient (Wildman–Crippen LogP) is 4.34. The minimum atomic E-state index is -1.60. The van der Waals surface area contributed by atoms with E-state index in [2.05, 4.69) is 117 Å². The maximum atomic E-state index is 2.43. The third-order valence-electron chi connectivity index (χ3n) is 3.82. The highest BCUT2D eigenvalue weighted by Gasteiger charge is 2.29. The zero-order chi connectivity index (χ0) is 17.7. The van der Waals surface area contributed by atoms with Crippen LogP contribution in [0.4, 0.5) is 0 Å². The summed E-state index contributed by atoms with van der Waals surface area (Å²) in [5.74, 6) is 0. The summed E-state index contributed by atoms with van der Waals surface area (Å²) in [7, 11) is 12.7. The first-order valence-corrected chi connectivity index (χ1v) is 13.2. The Kier molecular flexibility index (Phi) is 7.20. The summed E-state index contributed by atoms with van der Waals surface area (Å²) >= 11 is 0. The van der Waals surface area contributed by atoms with Gasteiger partial charge in [0.25, 0.3) is 0 Å². The molecule has 6 heteroatoms. The SMILES string of the molecule is CN(C)P(=PP(c1ccccc1)c1ccccc1)(N(C)C)N(C)C. The summed E-state index contributed by atoms with van der Waals surface area (Å²) in [4.78, 5) is 0. The summed E-state index contributed by atoms with van der Waals surface area (Å²) in [6, 6.07) is 21.9. The molecule has 24 heavy (non-hydrogen) atoms. The molecule has 2 aromatic rings. The third kappa shape index (κ3) is 4.17. The quantitative estimate of drug-likeness (QED) is 0.692. The summed E-state index contributed by atoms with van der Waals surface area (Å²) in [5, 5.41) is 2.88. The van der Waals surface area contributed by atoms with E-state index < -0.39 is 14.6 Å². The average molecular weight is 379 g/mol. The van der Waals surface area contributed by atoms with Crippen LogP contribution in [0.25, 0.3) is 0 Å². The van der Waals surface area contributed by atoms with Gasteiger partial charge in [-0.05, 0) is 60.5 Å². The van der Waals surface area contributed by atoms with Crippen molar-refractivity contribution in [1.29, 1.82) is 0 Å². The molecule has 0 heterocycles. The fourth-order valence-electron chi connectivity index (χ4n) is 2.82. The van der Waals surface area contributed by atoms with Crippen LogP contribution in [0.15, 0.2) is 60.7 Å². The van der Waals surface area contributed by atoms with E-state index in [1.807, 2.05) is 0 Å². The predicted molar refractivity (Wildman–Crippen MR) is 114 cm³/mol. The van der Waals surface area contributed by atoms with Crippen molar-refractivity contribution in [3.05, 3.63) is 60.7 Å². The van der Waals surface area contributed by atoms with Gasteiger partial charge >= 0.3 is 0 Å². The Morgan fingerprint density at radius 1 is 0.625 bits per heavy atom. The second-order valence-corrected chi connectivity index (χ2v) is 16.4. The molecule has 0 unspecified atom stereocenters. The standard InChI is InChI=1S/C18H28N3P3/c1-19(2)24(20(3)4,21(5)6)22-23(17-13-9-7-10-14-17)18-15-11-8-12-16-18/h7-16H,1-6H3. The highest BCUT2D eigenvalue weighted by molar-refractivity contribution is 8.41. The van der Waals surface area contributed by atoms with Gasteiger partial charge in [-0.15, -0.1) is 0 Å². The topological polar surface area (TPSA) is 9.72 Å². The van der Waals surface area contributed by atoms with E-state index in [1.165, 1.54) is 18.2 Å². The molecule has 0 atom stereocenters. The van der Waals surface area contributed by atoms with E-state index in [1.54, 1.807) is 0 Å². The second kappa shape index (κ2) is 8.72. The van der Waals surface area contributed by atoms with Crippen LogP contribution in [0.3, 0.4) is 0 Å². The molecule has 0 N–H and O–H groups in total. The molecule has 0 aliphatic carbocycles. The fourth-order valence-corrected chi connectivity index (χ4v) is 19.0. The van der Waals surface area contributed by atoms with Gasteiger partial charge < -0.3 is 0 Å². The maximum Gasteiger partial charge on any atom is 0.107 e. The Bertz CT molecular complexity index is 617. The van der Waals surface area contributed by atoms with Gasteiger partial charge in [-0.25, -0.2) is 0 Å². The van der Waals surface area contributed by atoms with Crippen LogP contribution in [0.5, 0.6) is 0 Å². The zero-order valence-corrected chi connectivity index (χ0v) is 18.1. The Hall–Kier alpha value is -0.520. The van der Waals surface area contributed by atoms with Gasteiger partial charge in [0.15, 0.2) is 0 Å². The van der Waals surface area contributed by atoms with Crippen molar-refractivity contribution in [2.45, 2.75) is 0 Å². The van der Waals surface area contributed by atoms with Crippen molar-refractivity contribution in [3.63, 3.8) is 0 Å². The molecule has 3 nitrogen and oxygen atoms in total. The number of nitrogens with zero attached hydrogens (tertiary/aromatic N) is 3. The minimum absolute atomic E-state index is 0.440. The molecule has 0 spiro atoms. The van der Waals surface area contributed by atoms with E-state index >= 15 is 0 Å². The van der Waals surface area contributed by atoms with E-state index in [9.17, 15) is 0 Å². The van der Waals surface area contributed by atoms with Crippen molar-refractivity contribution >= 4 is 32.8 Å². The summed E-state index contributed by atoms with van der Waals surface area (Å²) in [6.45, 7) is 0. The largest absolute Gasteiger partial charge is 0.263 e. The molecular weight excluding hydrogens is 351 g/mol. The number of hydrogen-bond donors (Lipinski definition) is 0. The van der Waals surface area contributed by atoms with Crippen LogP contribution in [0, 0.1) is 0 Å². The van der Waals surface area contributed by atoms with Crippen LogP contribution in [-0.4, -0.2) is 56.3 Å². The lowest BCUT2D eigenvalue weighted by Gasteiger charge is -2.43. The van der Waals surface area contributed by atoms with Gasteiger partial charge in [-0.3, -0.25) is 14.0 Å². The number of benzene rings is 2. The highest BCUT2D eigenvalue weighted by atomic mass is 32.3. The van der Waals surface area contributed by atoms with E-state index in [-0.39, 0.29) is 0 Å². The first kappa shape index (κ1) is 19.8. The first-order valence-electron chi connectivity index (χ1n) is 7.95. The molecule has 0 aliphatic rings. The summed E-state index contributed by atoms with van der Waals surface area (Å²) in [5.41, 5.74) is 0. The smallest absolute Gasteiger partial charge is 0.107 e. The zero-order valence-electron chi connectivity index (χ0n) is 15.5. The van der Waals surface area contributed by atoms with Gasteiger partial charge in [-0.2, -0.15) is 0 Å². The lowest BCUT2D eigenvalue weighted by atomic mass is 10.4. The molecule has 0 fully saturated rings. The van der Waals surface area contributed by atoms with Gasteiger partial charge in [0, 0.05) is 7.61 Å². The van der Waals surface area contributed by atoms with Crippen molar-refractivity contribution in [1.82, 2.24) is 14.0 Å². The van der Waals surface area contributed by atoms with E-state index in [4.69, 9.17) is 0 Å². The summed E-state index contributed by atoms with van der Waals surface area (Å²) in [6.07, 6.45) is 0. The van der Waals surface area contributed by atoms with Crippen molar-refractivity contribution < 1.29 is 0 Å². The van der Waals surface area contributed by atoms with Crippen LogP contribution in [-0.2, 0) is 0 Å². The Balaban J connectivity index is 2.71. The number of rotatable bonds is 6. The first-order chi connectivity index (χ1) is 11.4. The van der Waals surface area contributed by atoms with Gasteiger partial charge in [0.2, 0.25) is 0 Å². The molecule has 130 valence electrons. The molecule has 0 amide bonds. The molecule has 0 aromatic heterocycles. The average Bonchev–Trinajstić information content (AvgIpc) is 2.56. The van der Waals surface area contributed by atoms with E-state index in [0.717, 1.165) is 0 Å². The normalized spacial score (nSPS) is 12.8.